The summed E-state index contributed by atoms with van der Waals surface area (Å²) in [6, 6.07) is 8.55. The molecule has 0 atom stereocenters. The molecule has 0 unspecified atom stereocenters. The van der Waals surface area contributed by atoms with Crippen LogP contribution >= 0.6 is 11.8 Å². The van der Waals surface area contributed by atoms with Crippen molar-refractivity contribution in [3.8, 4) is 6.07 Å². The summed E-state index contributed by atoms with van der Waals surface area (Å²) in [7, 11) is 0. The summed E-state index contributed by atoms with van der Waals surface area (Å²) >= 11 is 1.46. The Bertz CT molecular complexity index is 749. The predicted molar refractivity (Wildman–Crippen MR) is 92.9 cm³/mol. The smallest absolute Gasteiger partial charge is 0.190 e. The molecule has 0 radical (unpaired) electrons. The van der Waals surface area contributed by atoms with E-state index in [0.29, 0.717) is 22.4 Å². The molecule has 1 aliphatic rings. The average molecular weight is 342 g/mol. The van der Waals surface area contributed by atoms with Crippen molar-refractivity contribution in [1.82, 2.24) is 9.97 Å². The minimum Gasteiger partial charge on any atom is -0.382 e. The fourth-order valence-electron chi connectivity index (χ4n) is 3.05. The van der Waals surface area contributed by atoms with Gasteiger partial charge in [0.15, 0.2) is 5.16 Å². The van der Waals surface area contributed by atoms with Crippen LogP contribution in [0.5, 0.6) is 0 Å². The van der Waals surface area contributed by atoms with Gasteiger partial charge >= 0.3 is 0 Å². The lowest BCUT2D eigenvalue weighted by molar-refractivity contribution is 0.433. The number of anilines is 1. The molecule has 1 heterocycles. The molecule has 0 saturated heterocycles. The first-order valence-electron chi connectivity index (χ1n) is 8.12. The van der Waals surface area contributed by atoms with Gasteiger partial charge in [-0.2, -0.15) is 5.26 Å². The maximum atomic E-state index is 13.0. The van der Waals surface area contributed by atoms with Crippen molar-refractivity contribution >= 4 is 17.6 Å². The monoisotopic (exact) mass is 342 g/mol. The molecule has 1 aliphatic carbocycles. The van der Waals surface area contributed by atoms with Crippen molar-refractivity contribution < 1.29 is 4.39 Å². The molecule has 1 aromatic heterocycles. The van der Waals surface area contributed by atoms with E-state index in [1.165, 1.54) is 30.3 Å². The van der Waals surface area contributed by atoms with Gasteiger partial charge in [-0.05, 0) is 30.5 Å². The van der Waals surface area contributed by atoms with E-state index in [0.717, 1.165) is 36.9 Å². The Hall–Kier alpha value is -2.13. The highest BCUT2D eigenvalue weighted by Gasteiger charge is 2.23. The Balaban J connectivity index is 1.81. The van der Waals surface area contributed by atoms with Crippen molar-refractivity contribution in [3.05, 3.63) is 46.9 Å². The summed E-state index contributed by atoms with van der Waals surface area (Å²) in [5.74, 6) is 0.941. The molecule has 0 aliphatic heterocycles. The van der Waals surface area contributed by atoms with Crippen molar-refractivity contribution in [2.45, 2.75) is 48.9 Å². The minimum absolute atomic E-state index is 0.248. The van der Waals surface area contributed by atoms with Gasteiger partial charge in [0.2, 0.25) is 0 Å². The number of nitrogen functional groups attached to an aromatic ring is 1. The first-order valence-corrected chi connectivity index (χ1v) is 9.10. The number of hydrogen-bond donors (Lipinski definition) is 1. The number of halogens is 1. The van der Waals surface area contributed by atoms with Gasteiger partial charge in [-0.15, -0.1) is 0 Å². The normalized spacial score (nSPS) is 15.2. The van der Waals surface area contributed by atoms with Gasteiger partial charge < -0.3 is 5.73 Å². The van der Waals surface area contributed by atoms with Crippen molar-refractivity contribution in [2.75, 3.05) is 5.73 Å². The lowest BCUT2D eigenvalue weighted by Gasteiger charge is -2.22. The number of thioether (sulfide) groups is 1. The quantitative estimate of drug-likeness (QED) is 0.658. The Labute approximate surface area is 145 Å². The first-order chi connectivity index (χ1) is 11.7. The Kier molecular flexibility index (Phi) is 5.31. The van der Waals surface area contributed by atoms with E-state index in [1.54, 1.807) is 12.1 Å². The molecule has 0 amide bonds. The third-order valence-electron chi connectivity index (χ3n) is 4.33. The van der Waals surface area contributed by atoms with E-state index in [4.69, 9.17) is 5.73 Å². The topological polar surface area (TPSA) is 75.6 Å². The van der Waals surface area contributed by atoms with Crippen LogP contribution < -0.4 is 5.73 Å². The number of rotatable bonds is 4. The van der Waals surface area contributed by atoms with Crippen LogP contribution in [-0.2, 0) is 5.75 Å². The number of hydrogen-bond acceptors (Lipinski definition) is 5. The largest absolute Gasteiger partial charge is 0.382 e. The van der Waals surface area contributed by atoms with E-state index in [1.807, 2.05) is 0 Å². The predicted octanol–water partition coefficient (Wildman–Crippen LogP) is 4.41. The van der Waals surface area contributed by atoms with Gasteiger partial charge in [-0.3, -0.25) is 0 Å². The van der Waals surface area contributed by atoms with Crippen LogP contribution in [0.4, 0.5) is 10.2 Å². The van der Waals surface area contributed by atoms with Crippen LogP contribution in [0.2, 0.25) is 0 Å². The lowest BCUT2D eigenvalue weighted by atomic mass is 9.85. The molecular weight excluding hydrogens is 323 g/mol. The highest BCUT2D eigenvalue weighted by Crippen LogP contribution is 2.35. The number of nitrogens with two attached hydrogens (primary N) is 1. The molecular formula is C18H19FN4S. The van der Waals surface area contributed by atoms with E-state index >= 15 is 0 Å². The molecule has 24 heavy (non-hydrogen) atoms. The van der Waals surface area contributed by atoms with Crippen molar-refractivity contribution in [2.24, 2.45) is 0 Å². The molecule has 0 spiro atoms. The fraction of sp³-hybridized carbons (Fsp3) is 0.389. The molecule has 1 fully saturated rings. The van der Waals surface area contributed by atoms with Crippen LogP contribution in [-0.4, -0.2) is 9.97 Å². The number of aromatic nitrogens is 2. The summed E-state index contributed by atoms with van der Waals surface area (Å²) < 4.78 is 13.0. The first kappa shape index (κ1) is 16.7. The highest BCUT2D eigenvalue weighted by atomic mass is 32.2. The van der Waals surface area contributed by atoms with Gasteiger partial charge in [0.25, 0.3) is 0 Å². The van der Waals surface area contributed by atoms with Crippen LogP contribution in [0.1, 0.15) is 54.8 Å². The highest BCUT2D eigenvalue weighted by molar-refractivity contribution is 7.98. The molecule has 3 rings (SSSR count). The van der Waals surface area contributed by atoms with Crippen LogP contribution in [0.15, 0.2) is 29.4 Å². The maximum Gasteiger partial charge on any atom is 0.190 e. The maximum absolute atomic E-state index is 13.0. The Morgan fingerprint density at radius 3 is 2.54 bits per heavy atom. The molecule has 4 nitrogen and oxygen atoms in total. The molecule has 1 aromatic carbocycles. The second-order valence-electron chi connectivity index (χ2n) is 6.01. The summed E-state index contributed by atoms with van der Waals surface area (Å²) in [5, 5.41) is 9.98. The minimum atomic E-state index is -0.248. The molecule has 124 valence electrons. The summed E-state index contributed by atoms with van der Waals surface area (Å²) in [4.78, 5) is 8.90. The van der Waals surface area contributed by atoms with Gasteiger partial charge in [0.1, 0.15) is 23.3 Å². The number of nitriles is 1. The molecule has 2 N–H and O–H groups in total. The molecule has 2 aromatic rings. The second kappa shape index (κ2) is 7.63. The van der Waals surface area contributed by atoms with E-state index < -0.39 is 0 Å². The Morgan fingerprint density at radius 1 is 1.17 bits per heavy atom. The zero-order valence-corrected chi connectivity index (χ0v) is 14.2. The lowest BCUT2D eigenvalue weighted by Crippen LogP contribution is -2.12. The Morgan fingerprint density at radius 2 is 1.88 bits per heavy atom. The summed E-state index contributed by atoms with van der Waals surface area (Å²) in [6.45, 7) is 0. The molecule has 1 saturated carbocycles. The molecule has 0 bridgehead atoms. The SMILES string of the molecule is N#Cc1c(N)nc(SCc2ccc(F)cc2)nc1C1CCCCC1. The van der Waals surface area contributed by atoms with Gasteiger partial charge in [-0.25, -0.2) is 14.4 Å². The second-order valence-corrected chi connectivity index (χ2v) is 6.96. The van der Waals surface area contributed by atoms with Crippen LogP contribution in [0, 0.1) is 17.1 Å². The zero-order chi connectivity index (χ0) is 16.9. The van der Waals surface area contributed by atoms with Gasteiger partial charge in [-0.1, -0.05) is 43.2 Å². The van der Waals surface area contributed by atoms with E-state index in [2.05, 4.69) is 16.0 Å². The van der Waals surface area contributed by atoms with E-state index in [-0.39, 0.29) is 11.6 Å². The summed E-state index contributed by atoms with van der Waals surface area (Å²) in [6.07, 6.45) is 5.67. The van der Waals surface area contributed by atoms with Crippen LogP contribution in [0.3, 0.4) is 0 Å². The standard InChI is InChI=1S/C18H19FN4S/c19-14-8-6-12(7-9-14)11-24-18-22-16(13-4-2-1-3-5-13)15(10-20)17(21)23-18/h6-9,13H,1-5,11H2,(H2,21,22,23). The zero-order valence-electron chi connectivity index (χ0n) is 13.3. The van der Waals surface area contributed by atoms with Gasteiger partial charge in [0, 0.05) is 11.7 Å². The van der Waals surface area contributed by atoms with Crippen molar-refractivity contribution in [1.29, 1.82) is 5.26 Å². The number of nitrogens with zero attached hydrogens (tertiary/aromatic N) is 3. The average Bonchev–Trinajstić information content (AvgIpc) is 2.61. The summed E-state index contributed by atoms with van der Waals surface area (Å²) in [5.41, 5.74) is 8.21. The fourth-order valence-corrected chi connectivity index (χ4v) is 3.87. The number of benzene rings is 1. The van der Waals surface area contributed by atoms with E-state index in [9.17, 15) is 9.65 Å². The molecule has 6 heteroatoms. The van der Waals surface area contributed by atoms with Gasteiger partial charge in [0.05, 0.1) is 5.69 Å². The third-order valence-corrected chi connectivity index (χ3v) is 5.25. The van der Waals surface area contributed by atoms with Crippen LogP contribution in [0.25, 0.3) is 0 Å². The van der Waals surface area contributed by atoms with Crippen molar-refractivity contribution in [3.63, 3.8) is 0 Å². The third kappa shape index (κ3) is 3.85.